The molecule has 2 N–H and O–H groups in total. The van der Waals surface area contributed by atoms with Crippen molar-refractivity contribution < 1.29 is 9.59 Å². The van der Waals surface area contributed by atoms with Crippen molar-refractivity contribution in [2.24, 2.45) is 0 Å². The third-order valence-corrected chi connectivity index (χ3v) is 5.21. The molecule has 1 aliphatic rings. The average Bonchev–Trinajstić information content (AvgIpc) is 2.93. The van der Waals surface area contributed by atoms with Crippen molar-refractivity contribution in [2.75, 3.05) is 11.9 Å². The minimum Gasteiger partial charge on any atom is -0.352 e. The first-order valence-corrected chi connectivity index (χ1v) is 8.81. The summed E-state index contributed by atoms with van der Waals surface area (Å²) < 4.78 is 0. The summed E-state index contributed by atoms with van der Waals surface area (Å²) in [6.45, 7) is 2.48. The molecule has 1 aromatic carbocycles. The van der Waals surface area contributed by atoms with Gasteiger partial charge in [0.15, 0.2) is 0 Å². The van der Waals surface area contributed by atoms with Crippen molar-refractivity contribution in [2.45, 2.75) is 32.6 Å². The third kappa shape index (κ3) is 3.29. The van der Waals surface area contributed by atoms with Crippen molar-refractivity contribution in [3.8, 4) is 0 Å². The Labute approximate surface area is 139 Å². The van der Waals surface area contributed by atoms with Crippen LogP contribution in [-0.4, -0.2) is 18.4 Å². The van der Waals surface area contributed by atoms with E-state index in [0.717, 1.165) is 31.2 Å². The molecule has 0 unspecified atom stereocenters. The van der Waals surface area contributed by atoms with Crippen LogP contribution in [0, 0.1) is 0 Å². The highest BCUT2D eigenvalue weighted by Gasteiger charge is 2.26. The van der Waals surface area contributed by atoms with Gasteiger partial charge in [-0.05, 0) is 50.3 Å². The molecule has 0 saturated heterocycles. The highest BCUT2D eigenvalue weighted by atomic mass is 32.1. The molecule has 0 atom stereocenters. The normalized spacial score (nSPS) is 13.3. The zero-order chi connectivity index (χ0) is 16.2. The molecule has 3 rings (SSSR count). The number of nitrogens with one attached hydrogen (secondary N) is 2. The summed E-state index contributed by atoms with van der Waals surface area (Å²) in [4.78, 5) is 26.1. The summed E-state index contributed by atoms with van der Waals surface area (Å²) in [5.74, 6) is -0.259. The molecule has 0 spiro atoms. The third-order valence-electron chi connectivity index (χ3n) is 4.00. The van der Waals surface area contributed by atoms with Gasteiger partial charge in [0.05, 0.1) is 5.56 Å². The maximum atomic E-state index is 12.5. The molecule has 0 fully saturated rings. The van der Waals surface area contributed by atoms with E-state index >= 15 is 0 Å². The number of thiophene rings is 1. The van der Waals surface area contributed by atoms with Crippen LogP contribution in [0.4, 0.5) is 5.00 Å². The first-order chi connectivity index (χ1) is 11.2. The number of aryl methyl sites for hydroxylation is 1. The number of rotatable bonds is 4. The summed E-state index contributed by atoms with van der Waals surface area (Å²) >= 11 is 1.55. The number of fused-ring (bicyclic) bond motifs is 1. The molecule has 2 amide bonds. The van der Waals surface area contributed by atoms with Crippen molar-refractivity contribution in [3.05, 3.63) is 51.9 Å². The molecule has 5 heteroatoms. The average molecular weight is 328 g/mol. The number of carbonyl (C=O) groups excluding carboxylic acids is 2. The molecule has 0 radical (unpaired) electrons. The molecule has 1 aromatic heterocycles. The van der Waals surface area contributed by atoms with Gasteiger partial charge in [0.2, 0.25) is 0 Å². The first kappa shape index (κ1) is 15.7. The molecular weight excluding hydrogens is 308 g/mol. The van der Waals surface area contributed by atoms with Crippen LogP contribution in [0.1, 0.15) is 50.9 Å². The summed E-state index contributed by atoms with van der Waals surface area (Å²) in [7, 11) is 0. The van der Waals surface area contributed by atoms with Gasteiger partial charge in [-0.1, -0.05) is 18.2 Å². The lowest BCUT2D eigenvalue weighted by Gasteiger charge is -2.12. The lowest BCUT2D eigenvalue weighted by molar-refractivity contribution is 0.0956. The second-order valence-electron chi connectivity index (χ2n) is 5.59. The van der Waals surface area contributed by atoms with Gasteiger partial charge in [0.25, 0.3) is 11.8 Å². The monoisotopic (exact) mass is 328 g/mol. The van der Waals surface area contributed by atoms with E-state index in [1.54, 1.807) is 23.5 Å². The molecule has 120 valence electrons. The van der Waals surface area contributed by atoms with Crippen LogP contribution < -0.4 is 10.6 Å². The molecule has 2 aromatic rings. The lowest BCUT2D eigenvalue weighted by atomic mass is 9.95. The smallest absolute Gasteiger partial charge is 0.256 e. The van der Waals surface area contributed by atoms with Gasteiger partial charge in [-0.2, -0.15) is 0 Å². The van der Waals surface area contributed by atoms with Crippen LogP contribution in [0.2, 0.25) is 0 Å². The highest BCUT2D eigenvalue weighted by molar-refractivity contribution is 7.17. The van der Waals surface area contributed by atoms with E-state index in [1.165, 1.54) is 4.88 Å². The van der Waals surface area contributed by atoms with E-state index < -0.39 is 0 Å². The lowest BCUT2D eigenvalue weighted by Crippen LogP contribution is -2.25. The Morgan fingerprint density at radius 2 is 1.83 bits per heavy atom. The molecule has 23 heavy (non-hydrogen) atoms. The Kier molecular flexibility index (Phi) is 4.76. The fourth-order valence-corrected chi connectivity index (χ4v) is 4.19. The minimum absolute atomic E-state index is 0.0877. The van der Waals surface area contributed by atoms with Gasteiger partial charge < -0.3 is 10.6 Å². The zero-order valence-electron chi connectivity index (χ0n) is 13.1. The van der Waals surface area contributed by atoms with E-state index in [2.05, 4.69) is 10.6 Å². The molecule has 1 aliphatic carbocycles. The van der Waals surface area contributed by atoms with E-state index in [4.69, 9.17) is 0 Å². The number of carbonyl (C=O) groups is 2. The van der Waals surface area contributed by atoms with E-state index in [1.807, 2.05) is 25.1 Å². The van der Waals surface area contributed by atoms with Gasteiger partial charge in [-0.25, -0.2) is 0 Å². The molecular formula is C18H20N2O2S. The van der Waals surface area contributed by atoms with E-state index in [0.29, 0.717) is 22.7 Å². The van der Waals surface area contributed by atoms with Gasteiger partial charge in [-0.15, -0.1) is 11.3 Å². The van der Waals surface area contributed by atoms with E-state index in [-0.39, 0.29) is 11.8 Å². The van der Waals surface area contributed by atoms with Crippen molar-refractivity contribution in [3.63, 3.8) is 0 Å². The van der Waals surface area contributed by atoms with Gasteiger partial charge in [0, 0.05) is 17.0 Å². The minimum atomic E-state index is -0.172. The highest BCUT2D eigenvalue weighted by Crippen LogP contribution is 2.38. The summed E-state index contributed by atoms with van der Waals surface area (Å²) in [6.07, 6.45) is 4.16. The standard InChI is InChI=1S/C18H20N2O2S/c1-2-19-17(22)15-13-10-6-7-11-14(13)23-18(15)20-16(21)12-8-4-3-5-9-12/h3-5,8-9H,2,6-7,10-11H2,1H3,(H,19,22)(H,20,21). The van der Waals surface area contributed by atoms with Gasteiger partial charge >= 0.3 is 0 Å². The predicted octanol–water partition coefficient (Wildman–Crippen LogP) is 3.63. The summed E-state index contributed by atoms with van der Waals surface area (Å²) in [5.41, 5.74) is 2.38. The van der Waals surface area contributed by atoms with Gasteiger partial charge in [-0.3, -0.25) is 9.59 Å². The van der Waals surface area contributed by atoms with Crippen LogP contribution in [0.15, 0.2) is 30.3 Å². The Morgan fingerprint density at radius 1 is 1.09 bits per heavy atom. The molecule has 0 aliphatic heterocycles. The zero-order valence-corrected chi connectivity index (χ0v) is 14.0. The molecule has 0 bridgehead atoms. The number of benzene rings is 1. The second-order valence-corrected chi connectivity index (χ2v) is 6.70. The van der Waals surface area contributed by atoms with Crippen LogP contribution in [0.25, 0.3) is 0 Å². The second kappa shape index (κ2) is 6.96. The van der Waals surface area contributed by atoms with Crippen molar-refractivity contribution in [1.29, 1.82) is 0 Å². The number of hydrogen-bond donors (Lipinski definition) is 2. The summed E-state index contributed by atoms with van der Waals surface area (Å²) in [6, 6.07) is 9.09. The number of hydrogen-bond acceptors (Lipinski definition) is 3. The number of amides is 2. The Hall–Kier alpha value is -2.14. The molecule has 4 nitrogen and oxygen atoms in total. The predicted molar refractivity (Wildman–Crippen MR) is 93.4 cm³/mol. The Balaban J connectivity index is 1.93. The van der Waals surface area contributed by atoms with Gasteiger partial charge in [0.1, 0.15) is 5.00 Å². The van der Waals surface area contributed by atoms with E-state index in [9.17, 15) is 9.59 Å². The summed E-state index contributed by atoms with van der Waals surface area (Å²) in [5, 5.41) is 6.49. The fourth-order valence-electron chi connectivity index (χ4n) is 2.91. The largest absolute Gasteiger partial charge is 0.352 e. The fraction of sp³-hybridized carbons (Fsp3) is 0.333. The maximum Gasteiger partial charge on any atom is 0.256 e. The van der Waals surface area contributed by atoms with Crippen LogP contribution in [-0.2, 0) is 12.8 Å². The molecule has 1 heterocycles. The van der Waals surface area contributed by atoms with Crippen molar-refractivity contribution >= 4 is 28.2 Å². The molecule has 0 saturated carbocycles. The Morgan fingerprint density at radius 3 is 2.57 bits per heavy atom. The number of anilines is 1. The quantitative estimate of drug-likeness (QED) is 0.900. The Bertz CT molecular complexity index is 722. The first-order valence-electron chi connectivity index (χ1n) is 7.99. The topological polar surface area (TPSA) is 58.2 Å². The van der Waals surface area contributed by atoms with Crippen LogP contribution in [0.5, 0.6) is 0 Å². The maximum absolute atomic E-state index is 12.5. The van der Waals surface area contributed by atoms with Crippen LogP contribution >= 0.6 is 11.3 Å². The van der Waals surface area contributed by atoms with Crippen LogP contribution in [0.3, 0.4) is 0 Å². The SMILES string of the molecule is CCNC(=O)c1c(NC(=O)c2ccccc2)sc2c1CCCC2. The van der Waals surface area contributed by atoms with Crippen molar-refractivity contribution in [1.82, 2.24) is 5.32 Å².